The van der Waals surface area contributed by atoms with Crippen LogP contribution in [0.1, 0.15) is 15.9 Å². The van der Waals surface area contributed by atoms with Crippen LogP contribution < -0.4 is 4.90 Å². The predicted octanol–water partition coefficient (Wildman–Crippen LogP) is 4.64. The first-order valence-electron chi connectivity index (χ1n) is 8.24. The first-order valence-corrected chi connectivity index (χ1v) is 9.00. The van der Waals surface area contributed by atoms with Crippen molar-refractivity contribution in [2.45, 2.75) is 0 Å². The van der Waals surface area contributed by atoms with Gasteiger partial charge in [0.25, 0.3) is 0 Å². The number of hydrogen-bond acceptors (Lipinski definition) is 3. The second-order valence-electron chi connectivity index (χ2n) is 6.17. The summed E-state index contributed by atoms with van der Waals surface area (Å²) in [6.45, 7) is 4.05. The molecule has 0 saturated carbocycles. The molecule has 0 aliphatic carbocycles. The fourth-order valence-corrected chi connectivity index (χ4v) is 3.41. The van der Waals surface area contributed by atoms with E-state index in [0.29, 0.717) is 15.6 Å². The molecule has 0 N–H and O–H groups in total. The number of carbonyl (C=O) groups excluding carboxylic acids is 1. The van der Waals surface area contributed by atoms with E-state index in [1.165, 1.54) is 0 Å². The van der Waals surface area contributed by atoms with Crippen LogP contribution in [0.2, 0.25) is 10.0 Å². The van der Waals surface area contributed by atoms with E-state index >= 15 is 0 Å². The first-order chi connectivity index (χ1) is 12.0. The molecule has 3 rings (SSSR count). The summed E-state index contributed by atoms with van der Waals surface area (Å²) in [7, 11) is 2.14. The van der Waals surface area contributed by atoms with Crippen LogP contribution in [-0.4, -0.2) is 43.9 Å². The molecule has 2 aromatic carbocycles. The minimum absolute atomic E-state index is 0.130. The van der Waals surface area contributed by atoms with Gasteiger partial charge in [-0.25, -0.2) is 0 Å². The number of piperazine rings is 1. The second-order valence-corrected chi connectivity index (χ2v) is 7.01. The van der Waals surface area contributed by atoms with Crippen molar-refractivity contribution in [2.24, 2.45) is 0 Å². The molecule has 0 aromatic heterocycles. The minimum Gasteiger partial charge on any atom is -0.368 e. The summed E-state index contributed by atoms with van der Waals surface area (Å²) in [4.78, 5) is 17.1. The number of nitrogens with zero attached hydrogens (tertiary/aromatic N) is 2. The third-order valence-corrected chi connectivity index (χ3v) is 4.94. The second kappa shape index (κ2) is 8.05. The van der Waals surface area contributed by atoms with Crippen LogP contribution in [0.4, 0.5) is 5.69 Å². The van der Waals surface area contributed by atoms with Gasteiger partial charge in [-0.1, -0.05) is 41.4 Å². The number of halogens is 2. The van der Waals surface area contributed by atoms with Crippen LogP contribution >= 0.6 is 23.2 Å². The van der Waals surface area contributed by atoms with Crippen LogP contribution in [-0.2, 0) is 0 Å². The lowest BCUT2D eigenvalue weighted by Gasteiger charge is -2.34. The Bertz CT molecular complexity index is 796. The Balaban J connectivity index is 1.80. The molecule has 0 amide bonds. The molecule has 0 unspecified atom stereocenters. The fraction of sp³-hybridized carbons (Fsp3) is 0.250. The molecule has 1 heterocycles. The Morgan fingerprint density at radius 2 is 1.76 bits per heavy atom. The molecule has 25 heavy (non-hydrogen) atoms. The molecule has 0 atom stereocenters. The maximum absolute atomic E-state index is 12.4. The summed E-state index contributed by atoms with van der Waals surface area (Å²) < 4.78 is 0. The van der Waals surface area contributed by atoms with Gasteiger partial charge < -0.3 is 9.80 Å². The smallest absolute Gasteiger partial charge is 0.187 e. The van der Waals surface area contributed by atoms with Crippen molar-refractivity contribution in [3.8, 4) is 0 Å². The lowest BCUT2D eigenvalue weighted by atomic mass is 10.1. The Kier molecular flexibility index (Phi) is 5.79. The van der Waals surface area contributed by atoms with Gasteiger partial charge in [-0.2, -0.15) is 0 Å². The number of anilines is 1. The standard InChI is InChI=1S/C20H20Cl2N2O/c1-23-10-12-24(13-11-23)19-5-3-2-4-15(19)6-9-20(25)17-8-7-16(21)14-18(17)22/h2-9,14H,10-13H2,1H3/b9-6+. The van der Waals surface area contributed by atoms with E-state index in [1.54, 1.807) is 24.3 Å². The maximum Gasteiger partial charge on any atom is 0.187 e. The molecule has 0 radical (unpaired) electrons. The largest absolute Gasteiger partial charge is 0.368 e. The predicted molar refractivity (Wildman–Crippen MR) is 106 cm³/mol. The monoisotopic (exact) mass is 374 g/mol. The van der Waals surface area contributed by atoms with Gasteiger partial charge in [-0.05, 0) is 49.0 Å². The van der Waals surface area contributed by atoms with Crippen LogP contribution in [0.15, 0.2) is 48.5 Å². The molecule has 0 spiro atoms. The first kappa shape index (κ1) is 18.0. The summed E-state index contributed by atoms with van der Waals surface area (Å²) in [6.07, 6.45) is 3.44. The van der Waals surface area contributed by atoms with Gasteiger partial charge in [0.05, 0.1) is 5.02 Å². The number of carbonyl (C=O) groups is 1. The molecule has 5 heteroatoms. The summed E-state index contributed by atoms with van der Waals surface area (Å²) >= 11 is 12.0. The van der Waals surface area contributed by atoms with Gasteiger partial charge in [0.1, 0.15) is 0 Å². The molecule has 1 saturated heterocycles. The molecule has 0 bridgehead atoms. The van der Waals surface area contributed by atoms with Crippen molar-refractivity contribution in [1.82, 2.24) is 4.90 Å². The van der Waals surface area contributed by atoms with E-state index in [-0.39, 0.29) is 5.78 Å². The van der Waals surface area contributed by atoms with E-state index < -0.39 is 0 Å². The topological polar surface area (TPSA) is 23.6 Å². The third kappa shape index (κ3) is 4.43. The number of rotatable bonds is 4. The normalized spacial score (nSPS) is 15.7. The molecule has 1 aliphatic rings. The highest BCUT2D eigenvalue weighted by Crippen LogP contribution is 2.25. The number of para-hydroxylation sites is 1. The van der Waals surface area contributed by atoms with E-state index in [4.69, 9.17) is 23.2 Å². The summed E-state index contributed by atoms with van der Waals surface area (Å²) in [5, 5.41) is 0.889. The van der Waals surface area contributed by atoms with Crippen molar-refractivity contribution in [3.63, 3.8) is 0 Å². The van der Waals surface area contributed by atoms with Gasteiger partial charge in [-0.15, -0.1) is 0 Å². The quantitative estimate of drug-likeness (QED) is 0.575. The van der Waals surface area contributed by atoms with Gasteiger partial charge in [0.2, 0.25) is 0 Å². The minimum atomic E-state index is -0.130. The Morgan fingerprint density at radius 3 is 2.48 bits per heavy atom. The molecule has 130 valence electrons. The van der Waals surface area contributed by atoms with Crippen LogP contribution in [0.3, 0.4) is 0 Å². The van der Waals surface area contributed by atoms with Crippen molar-refractivity contribution in [3.05, 3.63) is 69.7 Å². The number of allylic oxidation sites excluding steroid dienone is 1. The number of benzene rings is 2. The zero-order chi connectivity index (χ0) is 17.8. The molecule has 1 fully saturated rings. The third-order valence-electron chi connectivity index (χ3n) is 4.39. The van der Waals surface area contributed by atoms with Crippen LogP contribution in [0, 0.1) is 0 Å². The molecule has 2 aromatic rings. The lowest BCUT2D eigenvalue weighted by Crippen LogP contribution is -2.44. The number of ketones is 1. The highest BCUT2D eigenvalue weighted by molar-refractivity contribution is 6.37. The van der Waals surface area contributed by atoms with Crippen molar-refractivity contribution in [1.29, 1.82) is 0 Å². The zero-order valence-corrected chi connectivity index (χ0v) is 15.6. The van der Waals surface area contributed by atoms with Crippen molar-refractivity contribution >= 4 is 40.7 Å². The molecular formula is C20H20Cl2N2O. The van der Waals surface area contributed by atoms with Gasteiger partial charge in [-0.3, -0.25) is 4.79 Å². The summed E-state index contributed by atoms with van der Waals surface area (Å²) in [5.74, 6) is -0.130. The molecular weight excluding hydrogens is 355 g/mol. The fourth-order valence-electron chi connectivity index (χ4n) is 2.91. The van der Waals surface area contributed by atoms with E-state index in [0.717, 1.165) is 37.4 Å². The van der Waals surface area contributed by atoms with E-state index in [2.05, 4.69) is 22.9 Å². The average molecular weight is 375 g/mol. The van der Waals surface area contributed by atoms with Crippen LogP contribution in [0.25, 0.3) is 6.08 Å². The molecule has 1 aliphatic heterocycles. The Hall–Kier alpha value is -1.81. The number of likely N-dealkylation sites (N-methyl/N-ethyl adjacent to an activating group) is 1. The SMILES string of the molecule is CN1CCN(c2ccccc2/C=C/C(=O)c2ccc(Cl)cc2Cl)CC1. The van der Waals surface area contributed by atoms with Crippen molar-refractivity contribution < 1.29 is 4.79 Å². The summed E-state index contributed by atoms with van der Waals surface area (Å²) in [5.41, 5.74) is 2.65. The van der Waals surface area contributed by atoms with Crippen molar-refractivity contribution in [2.75, 3.05) is 38.1 Å². The Labute approximate surface area is 158 Å². The Morgan fingerprint density at radius 1 is 1.04 bits per heavy atom. The van der Waals surface area contributed by atoms with Crippen LogP contribution in [0.5, 0.6) is 0 Å². The highest BCUT2D eigenvalue weighted by atomic mass is 35.5. The maximum atomic E-state index is 12.4. The summed E-state index contributed by atoms with van der Waals surface area (Å²) in [6, 6.07) is 13.1. The lowest BCUT2D eigenvalue weighted by molar-refractivity contribution is 0.104. The average Bonchev–Trinajstić information content (AvgIpc) is 2.61. The number of hydrogen-bond donors (Lipinski definition) is 0. The van der Waals surface area contributed by atoms with E-state index in [9.17, 15) is 4.79 Å². The van der Waals surface area contributed by atoms with Gasteiger partial charge in [0.15, 0.2) is 5.78 Å². The zero-order valence-electron chi connectivity index (χ0n) is 14.1. The van der Waals surface area contributed by atoms with Gasteiger partial charge in [0, 0.05) is 42.5 Å². The van der Waals surface area contributed by atoms with Gasteiger partial charge >= 0.3 is 0 Å². The molecule has 3 nitrogen and oxygen atoms in total. The highest BCUT2D eigenvalue weighted by Gasteiger charge is 2.16. The van der Waals surface area contributed by atoms with E-state index in [1.807, 2.05) is 24.3 Å².